The molecule has 1 saturated heterocycles. The number of nitrogens with one attached hydrogen (secondary N) is 1. The molecule has 0 bridgehead atoms. The van der Waals surface area contributed by atoms with Crippen molar-refractivity contribution in [3.05, 3.63) is 33.7 Å². The SMILES string of the molecule is CCOC(=O)C1=C(CN2CCCCC2)N(C)C(=O)NC1c1ccsc1. The van der Waals surface area contributed by atoms with E-state index < -0.39 is 6.04 Å². The number of hydrogen-bond donors (Lipinski definition) is 1. The van der Waals surface area contributed by atoms with E-state index in [0.29, 0.717) is 18.7 Å². The van der Waals surface area contributed by atoms with E-state index in [1.165, 1.54) is 6.42 Å². The number of amides is 2. The lowest BCUT2D eigenvalue weighted by Crippen LogP contribution is -2.49. The zero-order valence-corrected chi connectivity index (χ0v) is 15.6. The van der Waals surface area contributed by atoms with Crippen LogP contribution in [0.3, 0.4) is 0 Å². The number of urea groups is 1. The minimum atomic E-state index is -0.450. The molecule has 0 radical (unpaired) electrons. The largest absolute Gasteiger partial charge is 0.463 e. The average Bonchev–Trinajstić information content (AvgIpc) is 3.14. The number of esters is 1. The van der Waals surface area contributed by atoms with Crippen LogP contribution in [-0.2, 0) is 9.53 Å². The number of thiophene rings is 1. The molecule has 0 saturated carbocycles. The van der Waals surface area contributed by atoms with E-state index in [1.54, 1.807) is 30.2 Å². The molecule has 25 heavy (non-hydrogen) atoms. The van der Waals surface area contributed by atoms with E-state index in [1.807, 2.05) is 16.8 Å². The van der Waals surface area contributed by atoms with Gasteiger partial charge in [0, 0.05) is 19.3 Å². The summed E-state index contributed by atoms with van der Waals surface area (Å²) in [4.78, 5) is 29.1. The Hall–Kier alpha value is -1.86. The molecule has 1 fully saturated rings. The van der Waals surface area contributed by atoms with Gasteiger partial charge in [0.2, 0.25) is 0 Å². The zero-order chi connectivity index (χ0) is 17.8. The van der Waals surface area contributed by atoms with Crippen molar-refractivity contribution in [1.29, 1.82) is 0 Å². The number of ether oxygens (including phenoxy) is 1. The lowest BCUT2D eigenvalue weighted by atomic mass is 9.96. The summed E-state index contributed by atoms with van der Waals surface area (Å²) >= 11 is 1.55. The van der Waals surface area contributed by atoms with Crippen molar-refractivity contribution >= 4 is 23.3 Å². The molecule has 0 aliphatic carbocycles. The number of likely N-dealkylation sites (tertiary alicyclic amines) is 1. The average molecular weight is 363 g/mol. The number of likely N-dealkylation sites (N-methyl/N-ethyl adjacent to an activating group) is 1. The van der Waals surface area contributed by atoms with Gasteiger partial charge in [0.15, 0.2) is 0 Å². The molecule has 136 valence electrons. The molecular weight excluding hydrogens is 338 g/mol. The molecule has 1 aromatic heterocycles. The smallest absolute Gasteiger partial charge is 0.338 e. The summed E-state index contributed by atoms with van der Waals surface area (Å²) in [6.45, 7) is 4.70. The zero-order valence-electron chi connectivity index (χ0n) is 14.8. The first-order valence-corrected chi connectivity index (χ1v) is 9.75. The van der Waals surface area contributed by atoms with Gasteiger partial charge in [-0.3, -0.25) is 9.80 Å². The molecule has 1 atom stereocenters. The Morgan fingerprint density at radius 3 is 2.76 bits per heavy atom. The van der Waals surface area contributed by atoms with E-state index >= 15 is 0 Å². The van der Waals surface area contributed by atoms with Crippen LogP contribution < -0.4 is 5.32 Å². The molecular formula is C18H25N3O3S. The van der Waals surface area contributed by atoms with Crippen LogP contribution in [0.1, 0.15) is 37.8 Å². The fourth-order valence-electron chi connectivity index (χ4n) is 3.42. The fourth-order valence-corrected chi connectivity index (χ4v) is 4.10. The molecule has 6 nitrogen and oxygen atoms in total. The standard InChI is InChI=1S/C18H25N3O3S/c1-3-24-17(22)15-14(11-21-8-5-4-6-9-21)20(2)18(23)19-16(15)13-7-10-25-12-13/h7,10,12,16H,3-6,8-9,11H2,1-2H3,(H,19,23). The maximum Gasteiger partial charge on any atom is 0.338 e. The van der Waals surface area contributed by atoms with Crippen LogP contribution >= 0.6 is 11.3 Å². The van der Waals surface area contributed by atoms with Gasteiger partial charge in [0.1, 0.15) is 0 Å². The monoisotopic (exact) mass is 363 g/mol. The summed E-state index contributed by atoms with van der Waals surface area (Å²) in [7, 11) is 1.72. The summed E-state index contributed by atoms with van der Waals surface area (Å²) in [6.07, 6.45) is 3.56. The second kappa shape index (κ2) is 8.01. The molecule has 0 aromatic carbocycles. The summed E-state index contributed by atoms with van der Waals surface area (Å²) in [5, 5.41) is 6.86. The van der Waals surface area contributed by atoms with E-state index in [0.717, 1.165) is 37.2 Å². The third-order valence-corrected chi connectivity index (χ3v) is 5.47. The molecule has 2 aliphatic rings. The van der Waals surface area contributed by atoms with Gasteiger partial charge in [-0.1, -0.05) is 6.42 Å². The summed E-state index contributed by atoms with van der Waals surface area (Å²) < 4.78 is 5.32. The van der Waals surface area contributed by atoms with E-state index in [9.17, 15) is 9.59 Å². The van der Waals surface area contributed by atoms with E-state index in [-0.39, 0.29) is 12.0 Å². The van der Waals surface area contributed by atoms with Gasteiger partial charge in [-0.15, -0.1) is 0 Å². The number of carbonyl (C=O) groups excluding carboxylic acids is 2. The Morgan fingerprint density at radius 1 is 1.36 bits per heavy atom. The molecule has 1 N–H and O–H groups in total. The van der Waals surface area contributed by atoms with Crippen molar-refractivity contribution in [2.75, 3.05) is 33.3 Å². The normalized spacial score (nSPS) is 22.1. The number of nitrogens with zero attached hydrogens (tertiary/aromatic N) is 2. The van der Waals surface area contributed by atoms with E-state index in [2.05, 4.69) is 10.2 Å². The van der Waals surface area contributed by atoms with Crippen molar-refractivity contribution in [3.8, 4) is 0 Å². The van der Waals surface area contributed by atoms with Gasteiger partial charge in [-0.05, 0) is 55.2 Å². The molecule has 0 spiro atoms. The van der Waals surface area contributed by atoms with Crippen LogP contribution in [0.2, 0.25) is 0 Å². The first-order chi connectivity index (χ1) is 12.1. The third kappa shape index (κ3) is 3.88. The number of hydrogen-bond acceptors (Lipinski definition) is 5. The molecule has 1 aromatic rings. The second-order valence-corrected chi connectivity index (χ2v) is 7.20. The Balaban J connectivity index is 2.00. The minimum Gasteiger partial charge on any atom is -0.463 e. The highest BCUT2D eigenvalue weighted by Crippen LogP contribution is 2.32. The van der Waals surface area contributed by atoms with Crippen LogP contribution in [0.5, 0.6) is 0 Å². The second-order valence-electron chi connectivity index (χ2n) is 6.42. The molecule has 3 rings (SSSR count). The highest BCUT2D eigenvalue weighted by atomic mass is 32.1. The van der Waals surface area contributed by atoms with E-state index in [4.69, 9.17) is 4.74 Å². The Morgan fingerprint density at radius 2 is 2.12 bits per heavy atom. The maximum atomic E-state index is 12.7. The van der Waals surface area contributed by atoms with Gasteiger partial charge < -0.3 is 10.1 Å². The summed E-state index contributed by atoms with van der Waals surface area (Å²) in [5.41, 5.74) is 2.22. The number of piperidine rings is 1. The first-order valence-electron chi connectivity index (χ1n) is 8.80. The summed E-state index contributed by atoms with van der Waals surface area (Å²) in [5.74, 6) is -0.349. The predicted molar refractivity (Wildman–Crippen MR) is 97.3 cm³/mol. The predicted octanol–water partition coefficient (Wildman–Crippen LogP) is 2.75. The topological polar surface area (TPSA) is 61.9 Å². The van der Waals surface area contributed by atoms with Gasteiger partial charge in [0.25, 0.3) is 0 Å². The number of rotatable bonds is 5. The lowest BCUT2D eigenvalue weighted by Gasteiger charge is -2.37. The Labute approximate surface area is 152 Å². The van der Waals surface area contributed by atoms with Crippen molar-refractivity contribution < 1.29 is 14.3 Å². The Kier molecular flexibility index (Phi) is 5.75. The van der Waals surface area contributed by atoms with Crippen molar-refractivity contribution in [3.63, 3.8) is 0 Å². The molecule has 2 amide bonds. The van der Waals surface area contributed by atoms with Gasteiger partial charge in [0.05, 0.1) is 18.2 Å². The maximum absolute atomic E-state index is 12.7. The molecule has 1 unspecified atom stereocenters. The fraction of sp³-hybridized carbons (Fsp3) is 0.556. The van der Waals surface area contributed by atoms with Crippen LogP contribution in [0.4, 0.5) is 4.79 Å². The Bertz CT molecular complexity index is 651. The van der Waals surface area contributed by atoms with Gasteiger partial charge in [-0.2, -0.15) is 11.3 Å². The van der Waals surface area contributed by atoms with Gasteiger partial charge in [-0.25, -0.2) is 9.59 Å². The highest BCUT2D eigenvalue weighted by Gasteiger charge is 2.37. The summed E-state index contributed by atoms with van der Waals surface area (Å²) in [6, 6.07) is 1.31. The van der Waals surface area contributed by atoms with Gasteiger partial charge >= 0.3 is 12.0 Å². The van der Waals surface area contributed by atoms with Crippen molar-refractivity contribution in [1.82, 2.24) is 15.1 Å². The highest BCUT2D eigenvalue weighted by molar-refractivity contribution is 7.08. The molecule has 3 heterocycles. The van der Waals surface area contributed by atoms with Crippen LogP contribution in [-0.4, -0.2) is 55.1 Å². The first kappa shape index (κ1) is 17.9. The number of carbonyl (C=O) groups is 2. The minimum absolute atomic E-state index is 0.184. The third-order valence-electron chi connectivity index (χ3n) is 4.77. The van der Waals surface area contributed by atoms with Crippen molar-refractivity contribution in [2.45, 2.75) is 32.2 Å². The lowest BCUT2D eigenvalue weighted by molar-refractivity contribution is -0.139. The van der Waals surface area contributed by atoms with Crippen LogP contribution in [0.25, 0.3) is 0 Å². The van der Waals surface area contributed by atoms with Crippen LogP contribution in [0.15, 0.2) is 28.1 Å². The van der Waals surface area contributed by atoms with Crippen molar-refractivity contribution in [2.24, 2.45) is 0 Å². The molecule has 7 heteroatoms. The quantitative estimate of drug-likeness (QED) is 0.817. The van der Waals surface area contributed by atoms with Crippen LogP contribution in [0, 0.1) is 0 Å². The molecule has 2 aliphatic heterocycles.